The summed E-state index contributed by atoms with van der Waals surface area (Å²) in [7, 11) is 0. The van der Waals surface area contributed by atoms with Gasteiger partial charge in [-0.1, -0.05) is 0 Å². The highest BCUT2D eigenvalue weighted by atomic mass is 19.1. The molecule has 0 bridgehead atoms. The lowest BCUT2D eigenvalue weighted by atomic mass is 9.78. The summed E-state index contributed by atoms with van der Waals surface area (Å²) in [6, 6.07) is 4.75. The molecule has 2 amide bonds. The van der Waals surface area contributed by atoms with Crippen LogP contribution in [0.3, 0.4) is 0 Å². The van der Waals surface area contributed by atoms with Crippen LogP contribution in [0, 0.1) is 18.7 Å². The molecule has 0 atom stereocenters. The number of amides is 2. The minimum atomic E-state index is -0.382. The molecule has 28 heavy (non-hydrogen) atoms. The maximum absolute atomic E-state index is 13.5. The summed E-state index contributed by atoms with van der Waals surface area (Å²) in [5.41, 5.74) is 1.13. The molecule has 154 valence electrons. The second kappa shape index (κ2) is 9.03. The van der Waals surface area contributed by atoms with Crippen molar-refractivity contribution >= 4 is 11.8 Å². The third-order valence-corrected chi connectivity index (χ3v) is 6.15. The van der Waals surface area contributed by atoms with E-state index in [1.165, 1.54) is 18.6 Å². The Kier molecular flexibility index (Phi) is 6.70. The van der Waals surface area contributed by atoms with Crippen molar-refractivity contribution in [1.29, 1.82) is 0 Å². The molecule has 5 nitrogen and oxygen atoms in total. The number of nitrogens with one attached hydrogen (secondary N) is 3. The van der Waals surface area contributed by atoms with Gasteiger partial charge in [0.15, 0.2) is 0 Å². The third kappa shape index (κ3) is 5.77. The first-order valence-electron chi connectivity index (χ1n) is 10.4. The van der Waals surface area contributed by atoms with Gasteiger partial charge in [-0.15, -0.1) is 0 Å². The van der Waals surface area contributed by atoms with Gasteiger partial charge in [-0.05, 0) is 88.5 Å². The van der Waals surface area contributed by atoms with Gasteiger partial charge < -0.3 is 16.0 Å². The molecule has 6 heteroatoms. The summed E-state index contributed by atoms with van der Waals surface area (Å²) in [6.45, 7) is 4.88. The van der Waals surface area contributed by atoms with Crippen molar-refractivity contribution < 1.29 is 14.0 Å². The molecule has 3 rings (SSSR count). The first-order chi connectivity index (χ1) is 13.3. The Morgan fingerprint density at radius 1 is 1.14 bits per heavy atom. The van der Waals surface area contributed by atoms with Crippen LogP contribution in [-0.2, 0) is 4.79 Å². The quantitative estimate of drug-likeness (QED) is 0.671. The van der Waals surface area contributed by atoms with E-state index in [-0.39, 0.29) is 23.2 Å². The molecule has 3 N–H and O–H groups in total. The molecule has 0 spiro atoms. The van der Waals surface area contributed by atoms with Crippen molar-refractivity contribution in [2.45, 2.75) is 70.4 Å². The maximum atomic E-state index is 13.5. The van der Waals surface area contributed by atoms with Crippen molar-refractivity contribution in [1.82, 2.24) is 16.0 Å². The van der Waals surface area contributed by atoms with Gasteiger partial charge >= 0.3 is 0 Å². The zero-order valence-electron chi connectivity index (χ0n) is 16.9. The number of carbonyl (C=O) groups is 2. The molecule has 0 saturated heterocycles. The summed E-state index contributed by atoms with van der Waals surface area (Å²) in [5.74, 6) is -0.0857. The van der Waals surface area contributed by atoms with E-state index < -0.39 is 0 Å². The van der Waals surface area contributed by atoms with Crippen LogP contribution < -0.4 is 16.0 Å². The molecular formula is C22H32FN3O2. The number of hydrogen-bond donors (Lipinski definition) is 3. The second-order valence-electron chi connectivity index (χ2n) is 8.79. The van der Waals surface area contributed by atoms with Gasteiger partial charge in [-0.2, -0.15) is 0 Å². The van der Waals surface area contributed by atoms with Gasteiger partial charge in [0.05, 0.1) is 6.54 Å². The third-order valence-electron chi connectivity index (χ3n) is 6.15. The van der Waals surface area contributed by atoms with Crippen molar-refractivity contribution in [2.75, 3.05) is 13.1 Å². The average molecular weight is 390 g/mol. The van der Waals surface area contributed by atoms with Crippen LogP contribution in [0.4, 0.5) is 4.39 Å². The zero-order chi connectivity index (χ0) is 20.1. The Bertz CT molecular complexity index is 689. The van der Waals surface area contributed by atoms with Gasteiger partial charge in [0.25, 0.3) is 5.91 Å². The maximum Gasteiger partial charge on any atom is 0.251 e. The summed E-state index contributed by atoms with van der Waals surface area (Å²) in [5, 5.41) is 9.43. The number of halogens is 1. The second-order valence-corrected chi connectivity index (χ2v) is 8.79. The molecule has 2 saturated carbocycles. The van der Waals surface area contributed by atoms with E-state index in [1.54, 1.807) is 13.0 Å². The number of aryl methyl sites for hydroxylation is 1. The molecular weight excluding hydrogens is 357 g/mol. The molecule has 2 aliphatic carbocycles. The van der Waals surface area contributed by atoms with Crippen LogP contribution in [0.15, 0.2) is 18.2 Å². The first-order valence-corrected chi connectivity index (χ1v) is 10.4. The summed E-state index contributed by atoms with van der Waals surface area (Å²) in [4.78, 5) is 24.3. The lowest BCUT2D eigenvalue weighted by Crippen LogP contribution is -2.53. The fourth-order valence-electron chi connectivity index (χ4n) is 4.23. The molecule has 0 aliphatic heterocycles. The molecule has 2 fully saturated rings. The fourth-order valence-corrected chi connectivity index (χ4v) is 4.23. The lowest BCUT2D eigenvalue weighted by Gasteiger charge is -2.39. The lowest BCUT2D eigenvalue weighted by molar-refractivity contribution is -0.123. The molecule has 0 heterocycles. The molecule has 0 aromatic heterocycles. The van der Waals surface area contributed by atoms with Crippen LogP contribution in [0.2, 0.25) is 0 Å². The first kappa shape index (κ1) is 20.8. The topological polar surface area (TPSA) is 70.2 Å². The monoisotopic (exact) mass is 389 g/mol. The van der Waals surface area contributed by atoms with Gasteiger partial charge in [0, 0.05) is 23.7 Å². The molecule has 0 radical (unpaired) electrons. The molecule has 1 aromatic rings. The molecule has 0 unspecified atom stereocenters. The Morgan fingerprint density at radius 3 is 2.46 bits per heavy atom. The van der Waals surface area contributed by atoms with E-state index >= 15 is 0 Å². The van der Waals surface area contributed by atoms with Crippen LogP contribution in [0.5, 0.6) is 0 Å². The highest BCUT2D eigenvalue weighted by Crippen LogP contribution is 2.30. The zero-order valence-corrected chi connectivity index (χ0v) is 16.9. The number of hydrogen-bond acceptors (Lipinski definition) is 3. The van der Waals surface area contributed by atoms with Gasteiger partial charge in [-0.25, -0.2) is 4.39 Å². The summed E-state index contributed by atoms with van der Waals surface area (Å²) >= 11 is 0. The average Bonchev–Trinajstić information content (AvgIpc) is 2.63. The fraction of sp³-hybridized carbons (Fsp3) is 0.636. The van der Waals surface area contributed by atoms with Crippen molar-refractivity contribution in [2.24, 2.45) is 5.92 Å². The Hall–Kier alpha value is -1.95. The number of benzene rings is 1. The van der Waals surface area contributed by atoms with Crippen molar-refractivity contribution in [3.63, 3.8) is 0 Å². The van der Waals surface area contributed by atoms with Crippen LogP contribution in [0.1, 0.15) is 67.8 Å². The Balaban J connectivity index is 1.33. The van der Waals surface area contributed by atoms with Crippen molar-refractivity contribution in [3.05, 3.63) is 35.1 Å². The normalized spacial score (nSPS) is 23.5. The predicted octanol–water partition coefficient (Wildman–Crippen LogP) is 3.07. The molecule has 1 aromatic carbocycles. The van der Waals surface area contributed by atoms with E-state index in [9.17, 15) is 14.0 Å². The number of carbonyl (C=O) groups excluding carboxylic acids is 2. The van der Waals surface area contributed by atoms with Crippen molar-refractivity contribution in [3.8, 4) is 0 Å². The van der Waals surface area contributed by atoms with Crippen LogP contribution >= 0.6 is 0 Å². The van der Waals surface area contributed by atoms with E-state index in [4.69, 9.17) is 0 Å². The standard InChI is InChI=1S/C22H32FN3O2/c1-15-10-17(12-18(23)11-15)21(28)25-13-16-4-6-19(7-5-16)24-14-20(27)26-22(2)8-3-9-22/h10-12,16,19,24H,3-9,13-14H2,1-2H3,(H,25,28)(H,26,27)/t16-,19-. The highest BCUT2D eigenvalue weighted by Gasteiger charge is 2.33. The molecule has 2 aliphatic rings. The Labute approximate surface area is 166 Å². The van der Waals surface area contributed by atoms with E-state index in [1.807, 2.05) is 0 Å². The smallest absolute Gasteiger partial charge is 0.251 e. The van der Waals surface area contributed by atoms with Crippen LogP contribution in [-0.4, -0.2) is 36.5 Å². The minimum Gasteiger partial charge on any atom is -0.352 e. The van der Waals surface area contributed by atoms with E-state index in [0.29, 0.717) is 30.6 Å². The van der Waals surface area contributed by atoms with E-state index in [2.05, 4.69) is 22.9 Å². The minimum absolute atomic E-state index is 0.00877. The summed E-state index contributed by atoms with van der Waals surface area (Å²) in [6.07, 6.45) is 7.38. The van der Waals surface area contributed by atoms with E-state index in [0.717, 1.165) is 44.1 Å². The van der Waals surface area contributed by atoms with Gasteiger partial charge in [0.2, 0.25) is 5.91 Å². The Morgan fingerprint density at radius 2 is 1.86 bits per heavy atom. The predicted molar refractivity (Wildman–Crippen MR) is 108 cm³/mol. The largest absolute Gasteiger partial charge is 0.352 e. The summed E-state index contributed by atoms with van der Waals surface area (Å²) < 4.78 is 13.5. The van der Waals surface area contributed by atoms with Gasteiger partial charge in [-0.3, -0.25) is 9.59 Å². The highest BCUT2D eigenvalue weighted by molar-refractivity contribution is 5.94. The van der Waals surface area contributed by atoms with Gasteiger partial charge in [0.1, 0.15) is 5.82 Å². The SMILES string of the molecule is Cc1cc(F)cc(C(=O)NC[C@H]2CC[C@H](NCC(=O)NC3(C)CCC3)CC2)c1. The number of rotatable bonds is 7. The van der Waals surface area contributed by atoms with Crippen LogP contribution in [0.25, 0.3) is 0 Å².